The molecule has 0 aromatic heterocycles. The van der Waals surface area contributed by atoms with Crippen LogP contribution in [-0.4, -0.2) is 20.1 Å². The van der Waals surface area contributed by atoms with Crippen molar-refractivity contribution in [3.8, 4) is 0 Å². The van der Waals surface area contributed by atoms with Crippen LogP contribution in [-0.2, 0) is 0 Å². The van der Waals surface area contributed by atoms with Crippen LogP contribution in [0.1, 0.15) is 24.5 Å². The molecule has 1 aromatic carbocycles. The molecule has 1 unspecified atom stereocenters. The highest BCUT2D eigenvalue weighted by Gasteiger charge is 2.04. The molecule has 1 aromatic rings. The van der Waals surface area contributed by atoms with Crippen molar-refractivity contribution < 1.29 is 0 Å². The molecule has 0 fully saturated rings. The second-order valence-corrected chi connectivity index (χ2v) is 4.51. The maximum atomic E-state index is 3.51. The average Bonchev–Trinajstić information content (AvgIpc) is 2.28. The minimum atomic E-state index is 0.701. The molecule has 0 heterocycles. The van der Waals surface area contributed by atoms with Crippen molar-refractivity contribution in [3.05, 3.63) is 29.3 Å². The zero-order valence-electron chi connectivity index (χ0n) is 10.9. The Bertz CT molecular complexity index is 321. The van der Waals surface area contributed by atoms with Gasteiger partial charge < -0.3 is 10.6 Å². The van der Waals surface area contributed by atoms with E-state index in [4.69, 9.17) is 0 Å². The van der Waals surface area contributed by atoms with Crippen LogP contribution < -0.4 is 10.6 Å². The molecule has 0 aliphatic rings. The molecule has 16 heavy (non-hydrogen) atoms. The SMILES string of the molecule is CCC(CNC)CNc1ccc(C)c(C)c1. The first-order valence-corrected chi connectivity index (χ1v) is 6.13. The van der Waals surface area contributed by atoms with E-state index in [2.05, 4.69) is 49.6 Å². The summed E-state index contributed by atoms with van der Waals surface area (Å²) in [6, 6.07) is 6.56. The van der Waals surface area contributed by atoms with E-state index in [0.717, 1.165) is 13.1 Å². The molecule has 1 atom stereocenters. The first-order chi connectivity index (χ1) is 7.67. The Balaban J connectivity index is 2.50. The normalized spacial score (nSPS) is 12.5. The van der Waals surface area contributed by atoms with Gasteiger partial charge in [-0.05, 0) is 56.6 Å². The third kappa shape index (κ3) is 3.86. The van der Waals surface area contributed by atoms with Gasteiger partial charge in [0.1, 0.15) is 0 Å². The summed E-state index contributed by atoms with van der Waals surface area (Å²) in [7, 11) is 2.01. The van der Waals surface area contributed by atoms with Gasteiger partial charge in [-0.3, -0.25) is 0 Å². The molecule has 2 heteroatoms. The Morgan fingerprint density at radius 3 is 2.44 bits per heavy atom. The van der Waals surface area contributed by atoms with Crippen molar-refractivity contribution >= 4 is 5.69 Å². The number of aryl methyl sites for hydroxylation is 2. The highest BCUT2D eigenvalue weighted by molar-refractivity contribution is 5.48. The molecule has 0 saturated heterocycles. The maximum Gasteiger partial charge on any atom is 0.0343 e. The van der Waals surface area contributed by atoms with Gasteiger partial charge in [0.05, 0.1) is 0 Å². The van der Waals surface area contributed by atoms with Gasteiger partial charge in [0.15, 0.2) is 0 Å². The molecule has 2 N–H and O–H groups in total. The van der Waals surface area contributed by atoms with E-state index in [1.807, 2.05) is 7.05 Å². The first kappa shape index (κ1) is 13.0. The van der Waals surface area contributed by atoms with E-state index >= 15 is 0 Å². The molecule has 1 rings (SSSR count). The van der Waals surface area contributed by atoms with Crippen LogP contribution in [0.15, 0.2) is 18.2 Å². The second kappa shape index (κ2) is 6.54. The van der Waals surface area contributed by atoms with Crippen molar-refractivity contribution in [2.75, 3.05) is 25.5 Å². The molecule has 0 aliphatic heterocycles. The van der Waals surface area contributed by atoms with Crippen LogP contribution in [0, 0.1) is 19.8 Å². The molecule has 0 aliphatic carbocycles. The van der Waals surface area contributed by atoms with Gasteiger partial charge in [-0.1, -0.05) is 19.4 Å². The highest BCUT2D eigenvalue weighted by Crippen LogP contribution is 2.14. The van der Waals surface area contributed by atoms with E-state index in [9.17, 15) is 0 Å². The standard InChI is InChI=1S/C14H24N2/c1-5-13(9-15-4)10-16-14-7-6-11(2)12(3)8-14/h6-8,13,15-16H,5,9-10H2,1-4H3. The number of anilines is 1. The fourth-order valence-corrected chi connectivity index (χ4v) is 1.76. The number of nitrogens with one attached hydrogen (secondary N) is 2. The Morgan fingerprint density at radius 1 is 1.12 bits per heavy atom. The van der Waals surface area contributed by atoms with Gasteiger partial charge in [0.25, 0.3) is 0 Å². The number of hydrogen-bond donors (Lipinski definition) is 2. The average molecular weight is 220 g/mol. The van der Waals surface area contributed by atoms with Gasteiger partial charge in [-0.15, -0.1) is 0 Å². The highest BCUT2D eigenvalue weighted by atomic mass is 14.9. The van der Waals surface area contributed by atoms with Crippen molar-refractivity contribution in [1.29, 1.82) is 0 Å². The zero-order valence-corrected chi connectivity index (χ0v) is 10.9. The van der Waals surface area contributed by atoms with Crippen molar-refractivity contribution in [1.82, 2.24) is 5.32 Å². The molecular weight excluding hydrogens is 196 g/mol. The van der Waals surface area contributed by atoms with E-state index in [1.54, 1.807) is 0 Å². The van der Waals surface area contributed by atoms with Crippen molar-refractivity contribution in [2.24, 2.45) is 5.92 Å². The summed E-state index contributed by atoms with van der Waals surface area (Å²) in [6.45, 7) is 8.67. The lowest BCUT2D eigenvalue weighted by atomic mass is 10.1. The molecule has 90 valence electrons. The molecule has 0 radical (unpaired) electrons. The molecule has 0 spiro atoms. The topological polar surface area (TPSA) is 24.1 Å². The van der Waals surface area contributed by atoms with Gasteiger partial charge in [-0.25, -0.2) is 0 Å². The molecule has 0 bridgehead atoms. The van der Waals surface area contributed by atoms with E-state index in [0.29, 0.717) is 5.92 Å². The Labute approximate surface area is 99.5 Å². The van der Waals surface area contributed by atoms with Crippen molar-refractivity contribution in [3.63, 3.8) is 0 Å². The summed E-state index contributed by atoms with van der Waals surface area (Å²) < 4.78 is 0. The molecule has 0 amide bonds. The minimum absolute atomic E-state index is 0.701. The summed E-state index contributed by atoms with van der Waals surface area (Å²) >= 11 is 0. The van der Waals surface area contributed by atoms with Gasteiger partial charge in [0, 0.05) is 12.2 Å². The fourth-order valence-electron chi connectivity index (χ4n) is 1.76. The predicted molar refractivity (Wildman–Crippen MR) is 72.1 cm³/mol. The summed E-state index contributed by atoms with van der Waals surface area (Å²) in [5, 5.41) is 6.74. The lowest BCUT2D eigenvalue weighted by Gasteiger charge is -2.16. The quantitative estimate of drug-likeness (QED) is 0.770. The van der Waals surface area contributed by atoms with Crippen LogP contribution in [0.2, 0.25) is 0 Å². The second-order valence-electron chi connectivity index (χ2n) is 4.51. The van der Waals surface area contributed by atoms with Crippen LogP contribution in [0.25, 0.3) is 0 Å². The smallest absolute Gasteiger partial charge is 0.0343 e. The molecule has 0 saturated carbocycles. The van der Waals surface area contributed by atoms with Gasteiger partial charge in [-0.2, -0.15) is 0 Å². The first-order valence-electron chi connectivity index (χ1n) is 6.13. The van der Waals surface area contributed by atoms with Crippen LogP contribution >= 0.6 is 0 Å². The number of hydrogen-bond acceptors (Lipinski definition) is 2. The van der Waals surface area contributed by atoms with Crippen LogP contribution in [0.4, 0.5) is 5.69 Å². The lowest BCUT2D eigenvalue weighted by Crippen LogP contribution is -2.24. The Morgan fingerprint density at radius 2 is 1.88 bits per heavy atom. The van der Waals surface area contributed by atoms with Gasteiger partial charge in [0.2, 0.25) is 0 Å². The summed E-state index contributed by atoms with van der Waals surface area (Å²) in [4.78, 5) is 0. The minimum Gasteiger partial charge on any atom is -0.385 e. The summed E-state index contributed by atoms with van der Waals surface area (Å²) in [5.41, 5.74) is 3.94. The fraction of sp³-hybridized carbons (Fsp3) is 0.571. The summed E-state index contributed by atoms with van der Waals surface area (Å²) in [5.74, 6) is 0.701. The number of benzene rings is 1. The van der Waals surface area contributed by atoms with Crippen LogP contribution in [0.3, 0.4) is 0 Å². The largest absolute Gasteiger partial charge is 0.385 e. The van der Waals surface area contributed by atoms with Crippen molar-refractivity contribution in [2.45, 2.75) is 27.2 Å². The Hall–Kier alpha value is -1.02. The number of rotatable bonds is 6. The third-order valence-electron chi connectivity index (χ3n) is 3.17. The zero-order chi connectivity index (χ0) is 12.0. The van der Waals surface area contributed by atoms with E-state index in [1.165, 1.54) is 23.2 Å². The Kier molecular flexibility index (Phi) is 5.33. The monoisotopic (exact) mass is 220 g/mol. The van der Waals surface area contributed by atoms with E-state index in [-0.39, 0.29) is 0 Å². The van der Waals surface area contributed by atoms with Gasteiger partial charge >= 0.3 is 0 Å². The third-order valence-corrected chi connectivity index (χ3v) is 3.17. The predicted octanol–water partition coefficient (Wildman–Crippen LogP) is 2.96. The maximum absolute atomic E-state index is 3.51. The lowest BCUT2D eigenvalue weighted by molar-refractivity contribution is 0.506. The summed E-state index contributed by atoms with van der Waals surface area (Å²) in [6.07, 6.45) is 1.21. The molecular formula is C14H24N2. The van der Waals surface area contributed by atoms with E-state index < -0.39 is 0 Å². The van der Waals surface area contributed by atoms with Crippen LogP contribution in [0.5, 0.6) is 0 Å². The molecule has 2 nitrogen and oxygen atoms in total.